The molecule has 2 heterocycles. The van der Waals surface area contributed by atoms with E-state index in [2.05, 4.69) is 20.9 Å². The summed E-state index contributed by atoms with van der Waals surface area (Å²) in [6, 6.07) is 3.63. The van der Waals surface area contributed by atoms with Crippen LogP contribution in [0.15, 0.2) is 16.7 Å². The first-order chi connectivity index (χ1) is 7.99. The normalized spacial score (nSPS) is 19.8. The maximum Gasteiger partial charge on any atom is 0.308 e. The second-order valence-electron chi connectivity index (χ2n) is 4.02. The number of aryl methyl sites for hydroxylation is 1. The summed E-state index contributed by atoms with van der Waals surface area (Å²) < 4.78 is 0.629. The average Bonchev–Trinajstić information content (AvgIpc) is 2.64. The Balaban J connectivity index is 2.32. The molecule has 2 rings (SSSR count). The lowest BCUT2D eigenvalue weighted by Gasteiger charge is -2.17. The highest BCUT2D eigenvalue weighted by Crippen LogP contribution is 2.27. The van der Waals surface area contributed by atoms with Gasteiger partial charge in [0.2, 0.25) is 5.91 Å². The first kappa shape index (κ1) is 12.0. The number of carbonyl (C=O) groups excluding carboxylic acids is 1. The number of hydrogen-bond donors (Lipinski definition) is 1. The predicted molar refractivity (Wildman–Crippen MR) is 64.8 cm³/mol. The fraction of sp³-hybridized carbons (Fsp3) is 0.364. The molecule has 17 heavy (non-hydrogen) atoms. The molecule has 1 atom stereocenters. The molecule has 1 unspecified atom stereocenters. The van der Waals surface area contributed by atoms with Gasteiger partial charge in [0, 0.05) is 13.0 Å². The van der Waals surface area contributed by atoms with Gasteiger partial charge in [-0.3, -0.25) is 14.5 Å². The average molecular weight is 299 g/mol. The molecule has 1 aromatic rings. The van der Waals surface area contributed by atoms with Gasteiger partial charge < -0.3 is 5.11 Å². The van der Waals surface area contributed by atoms with E-state index in [0.717, 1.165) is 5.56 Å². The number of aliphatic carboxylic acids is 1. The van der Waals surface area contributed by atoms with Crippen LogP contribution in [0.25, 0.3) is 0 Å². The fourth-order valence-corrected chi connectivity index (χ4v) is 2.15. The second kappa shape index (κ2) is 4.44. The molecule has 0 bridgehead atoms. The quantitative estimate of drug-likeness (QED) is 0.842. The smallest absolute Gasteiger partial charge is 0.308 e. The van der Waals surface area contributed by atoms with Crippen molar-refractivity contribution in [3.05, 3.63) is 22.3 Å². The van der Waals surface area contributed by atoms with Crippen LogP contribution in [0.4, 0.5) is 5.82 Å². The molecule has 1 N–H and O–H groups in total. The van der Waals surface area contributed by atoms with Crippen LogP contribution in [-0.2, 0) is 9.59 Å². The number of halogens is 1. The largest absolute Gasteiger partial charge is 0.481 e. The first-order valence-electron chi connectivity index (χ1n) is 5.15. The number of hydrogen-bond acceptors (Lipinski definition) is 3. The molecule has 0 aromatic carbocycles. The van der Waals surface area contributed by atoms with Crippen molar-refractivity contribution in [3.8, 4) is 0 Å². The number of carboxylic acid groups (broad SMARTS) is 1. The van der Waals surface area contributed by atoms with Crippen LogP contribution in [0.2, 0.25) is 0 Å². The molecule has 0 saturated carbocycles. The van der Waals surface area contributed by atoms with Crippen molar-refractivity contribution in [1.82, 2.24) is 4.98 Å². The van der Waals surface area contributed by atoms with Crippen molar-refractivity contribution in [1.29, 1.82) is 0 Å². The van der Waals surface area contributed by atoms with E-state index in [0.29, 0.717) is 10.4 Å². The Morgan fingerprint density at radius 3 is 2.88 bits per heavy atom. The Bertz CT molecular complexity index is 490. The van der Waals surface area contributed by atoms with E-state index in [1.807, 2.05) is 13.0 Å². The van der Waals surface area contributed by atoms with Crippen LogP contribution in [-0.4, -0.2) is 28.5 Å². The van der Waals surface area contributed by atoms with Crippen LogP contribution in [0, 0.1) is 12.8 Å². The van der Waals surface area contributed by atoms with Gasteiger partial charge in [-0.15, -0.1) is 0 Å². The van der Waals surface area contributed by atoms with Gasteiger partial charge in [-0.25, -0.2) is 4.98 Å². The minimum absolute atomic E-state index is 0.0446. The Morgan fingerprint density at radius 1 is 1.59 bits per heavy atom. The van der Waals surface area contributed by atoms with Gasteiger partial charge in [-0.1, -0.05) is 6.07 Å². The van der Waals surface area contributed by atoms with E-state index in [1.54, 1.807) is 6.07 Å². The van der Waals surface area contributed by atoms with Gasteiger partial charge in [0.25, 0.3) is 0 Å². The summed E-state index contributed by atoms with van der Waals surface area (Å²) in [6.45, 7) is 2.04. The Morgan fingerprint density at radius 2 is 2.29 bits per heavy atom. The molecule has 5 nitrogen and oxygen atoms in total. The zero-order chi connectivity index (χ0) is 12.6. The molecule has 6 heteroatoms. The number of carbonyl (C=O) groups is 2. The summed E-state index contributed by atoms with van der Waals surface area (Å²) in [5.74, 6) is -1.23. The van der Waals surface area contributed by atoms with Gasteiger partial charge in [0.15, 0.2) is 0 Å². The molecular formula is C11H11BrN2O3. The minimum atomic E-state index is -0.937. The van der Waals surface area contributed by atoms with Gasteiger partial charge >= 0.3 is 5.97 Å². The number of aromatic nitrogens is 1. The summed E-state index contributed by atoms with van der Waals surface area (Å²) in [6.07, 6.45) is 0.0446. The SMILES string of the molecule is Cc1ccc(Br)nc1N1CC(C(=O)O)CC1=O. The summed E-state index contributed by atoms with van der Waals surface area (Å²) in [5.41, 5.74) is 0.854. The zero-order valence-electron chi connectivity index (χ0n) is 9.18. The topological polar surface area (TPSA) is 70.5 Å². The highest BCUT2D eigenvalue weighted by molar-refractivity contribution is 9.10. The second-order valence-corrected chi connectivity index (χ2v) is 4.83. The number of carboxylic acids is 1. The Labute approximate surface area is 107 Å². The number of nitrogens with zero attached hydrogens (tertiary/aromatic N) is 2. The van der Waals surface area contributed by atoms with Crippen LogP contribution < -0.4 is 4.90 Å². The van der Waals surface area contributed by atoms with Gasteiger partial charge in [-0.05, 0) is 34.5 Å². The summed E-state index contributed by atoms with van der Waals surface area (Å²) in [7, 11) is 0. The molecule has 0 spiro atoms. The maximum absolute atomic E-state index is 11.8. The van der Waals surface area contributed by atoms with Crippen molar-refractivity contribution < 1.29 is 14.7 Å². The van der Waals surface area contributed by atoms with Crippen LogP contribution >= 0.6 is 15.9 Å². The number of rotatable bonds is 2. The molecule has 1 fully saturated rings. The molecule has 1 aliphatic rings. The number of pyridine rings is 1. The minimum Gasteiger partial charge on any atom is -0.481 e. The Kier molecular flexibility index (Phi) is 3.15. The van der Waals surface area contributed by atoms with E-state index in [9.17, 15) is 9.59 Å². The number of amides is 1. The lowest BCUT2D eigenvalue weighted by atomic mass is 10.1. The molecule has 90 valence electrons. The first-order valence-corrected chi connectivity index (χ1v) is 5.94. The third-order valence-corrected chi connectivity index (χ3v) is 3.21. The van der Waals surface area contributed by atoms with Crippen molar-refractivity contribution in [2.75, 3.05) is 11.4 Å². The standard InChI is InChI=1S/C11H11BrN2O3/c1-6-2-3-8(12)13-10(6)14-5-7(11(16)17)4-9(14)15/h2-3,7H,4-5H2,1H3,(H,16,17). The van der Waals surface area contributed by atoms with Gasteiger partial charge in [0.05, 0.1) is 5.92 Å². The molecular weight excluding hydrogens is 288 g/mol. The van der Waals surface area contributed by atoms with E-state index in [4.69, 9.17) is 5.11 Å². The zero-order valence-corrected chi connectivity index (χ0v) is 10.8. The highest BCUT2D eigenvalue weighted by atomic mass is 79.9. The summed E-state index contributed by atoms with van der Waals surface area (Å²) in [4.78, 5) is 28.3. The van der Waals surface area contributed by atoms with Crippen molar-refractivity contribution >= 4 is 33.6 Å². The third-order valence-electron chi connectivity index (χ3n) is 2.77. The molecule has 1 aliphatic heterocycles. The lowest BCUT2D eigenvalue weighted by Crippen LogP contribution is -2.27. The van der Waals surface area contributed by atoms with Crippen LogP contribution in [0.3, 0.4) is 0 Å². The van der Waals surface area contributed by atoms with Crippen LogP contribution in [0.5, 0.6) is 0 Å². The predicted octanol–water partition coefficient (Wildman–Crippen LogP) is 1.59. The van der Waals surface area contributed by atoms with E-state index in [-0.39, 0.29) is 18.9 Å². The summed E-state index contributed by atoms with van der Waals surface area (Å²) in [5, 5.41) is 8.91. The molecule has 0 radical (unpaired) electrons. The third kappa shape index (κ3) is 2.31. The highest BCUT2D eigenvalue weighted by Gasteiger charge is 2.36. The van der Waals surface area contributed by atoms with Crippen LogP contribution in [0.1, 0.15) is 12.0 Å². The molecule has 1 aromatic heterocycles. The van der Waals surface area contributed by atoms with Crippen molar-refractivity contribution in [3.63, 3.8) is 0 Å². The maximum atomic E-state index is 11.8. The fourth-order valence-electron chi connectivity index (χ4n) is 1.85. The van der Waals surface area contributed by atoms with E-state index >= 15 is 0 Å². The summed E-state index contributed by atoms with van der Waals surface area (Å²) >= 11 is 3.24. The number of anilines is 1. The van der Waals surface area contributed by atoms with Gasteiger partial charge in [0.1, 0.15) is 10.4 Å². The Hall–Kier alpha value is -1.43. The van der Waals surface area contributed by atoms with E-state index in [1.165, 1.54) is 4.90 Å². The molecule has 1 amide bonds. The molecule has 1 saturated heterocycles. The van der Waals surface area contributed by atoms with E-state index < -0.39 is 11.9 Å². The monoisotopic (exact) mass is 298 g/mol. The molecule has 0 aliphatic carbocycles. The van der Waals surface area contributed by atoms with Crippen molar-refractivity contribution in [2.24, 2.45) is 5.92 Å². The van der Waals surface area contributed by atoms with Crippen molar-refractivity contribution in [2.45, 2.75) is 13.3 Å². The van der Waals surface area contributed by atoms with Gasteiger partial charge in [-0.2, -0.15) is 0 Å². The lowest BCUT2D eigenvalue weighted by molar-refractivity contribution is -0.141.